The van der Waals surface area contributed by atoms with Crippen LogP contribution in [0.2, 0.25) is 0 Å². The lowest BCUT2D eigenvalue weighted by molar-refractivity contribution is -0.384. The zero-order chi connectivity index (χ0) is 22.7. The highest BCUT2D eigenvalue weighted by molar-refractivity contribution is 7.89. The van der Waals surface area contributed by atoms with Crippen molar-refractivity contribution in [1.82, 2.24) is 9.21 Å². The number of nitro benzene ring substituents is 1. The molecule has 0 aromatic heterocycles. The van der Waals surface area contributed by atoms with Gasteiger partial charge in [0.2, 0.25) is 10.0 Å². The second-order valence-electron chi connectivity index (χ2n) is 8.02. The van der Waals surface area contributed by atoms with Crippen molar-refractivity contribution in [2.24, 2.45) is 0 Å². The molecule has 1 amide bonds. The summed E-state index contributed by atoms with van der Waals surface area (Å²) in [5, 5.41) is 11.8. The van der Waals surface area contributed by atoms with Crippen LogP contribution in [-0.4, -0.2) is 67.7 Å². The lowest BCUT2D eigenvalue weighted by atomic mass is 10.1. The third kappa shape index (κ3) is 4.46. The summed E-state index contributed by atoms with van der Waals surface area (Å²) in [5.41, 5.74) is 0.754. The molecule has 2 aromatic carbocycles. The summed E-state index contributed by atoms with van der Waals surface area (Å²) in [6.07, 6.45) is 2.58. The van der Waals surface area contributed by atoms with Crippen LogP contribution in [0.25, 0.3) is 0 Å². The predicted octanol–water partition coefficient (Wildman–Crippen LogP) is 2.73. The van der Waals surface area contributed by atoms with Gasteiger partial charge in [-0.3, -0.25) is 14.9 Å². The molecule has 2 aliphatic rings. The number of hydrogen-bond acceptors (Lipinski definition) is 6. The van der Waals surface area contributed by atoms with E-state index in [9.17, 15) is 23.3 Å². The van der Waals surface area contributed by atoms with Crippen molar-refractivity contribution in [3.8, 4) is 0 Å². The van der Waals surface area contributed by atoms with E-state index in [0.29, 0.717) is 50.5 Å². The van der Waals surface area contributed by atoms with Gasteiger partial charge in [0, 0.05) is 50.9 Å². The van der Waals surface area contributed by atoms with Crippen molar-refractivity contribution < 1.29 is 18.1 Å². The number of benzene rings is 2. The van der Waals surface area contributed by atoms with E-state index in [4.69, 9.17) is 0 Å². The van der Waals surface area contributed by atoms with Gasteiger partial charge in [0.1, 0.15) is 5.69 Å². The van der Waals surface area contributed by atoms with Crippen LogP contribution in [0, 0.1) is 10.1 Å². The maximum Gasteiger partial charge on any atom is 0.293 e. The Labute approximate surface area is 187 Å². The molecule has 9 nitrogen and oxygen atoms in total. The third-order valence-corrected chi connectivity index (χ3v) is 7.92. The third-order valence-electron chi connectivity index (χ3n) is 6.02. The molecular formula is C22H26N4O5S. The van der Waals surface area contributed by atoms with E-state index < -0.39 is 14.9 Å². The van der Waals surface area contributed by atoms with Crippen LogP contribution < -0.4 is 4.90 Å². The van der Waals surface area contributed by atoms with Gasteiger partial charge in [0.15, 0.2) is 0 Å². The maximum atomic E-state index is 12.9. The normalized spacial score (nSPS) is 17.9. The van der Waals surface area contributed by atoms with E-state index in [1.165, 1.54) is 22.5 Å². The SMILES string of the molecule is O=C(c1ccccc1)N1CCN(c2ccc(S(=O)(=O)N3CCCCC3)cc2[N+](=O)[O-])CC1. The van der Waals surface area contributed by atoms with E-state index >= 15 is 0 Å². The molecule has 0 N–H and O–H groups in total. The number of rotatable bonds is 5. The van der Waals surface area contributed by atoms with Gasteiger partial charge in [-0.25, -0.2) is 8.42 Å². The van der Waals surface area contributed by atoms with Gasteiger partial charge in [-0.05, 0) is 37.1 Å². The van der Waals surface area contributed by atoms with Crippen LogP contribution in [-0.2, 0) is 10.0 Å². The number of carbonyl (C=O) groups is 1. The van der Waals surface area contributed by atoms with E-state index in [2.05, 4.69) is 0 Å². The molecule has 0 spiro atoms. The molecule has 0 atom stereocenters. The fraction of sp³-hybridized carbons (Fsp3) is 0.409. The minimum absolute atomic E-state index is 0.0484. The van der Waals surface area contributed by atoms with E-state index in [-0.39, 0.29) is 16.5 Å². The van der Waals surface area contributed by atoms with Crippen molar-refractivity contribution in [3.63, 3.8) is 0 Å². The molecule has 32 heavy (non-hydrogen) atoms. The Hall–Kier alpha value is -2.98. The molecule has 0 bridgehead atoms. The average molecular weight is 459 g/mol. The van der Waals surface area contributed by atoms with Gasteiger partial charge in [0.25, 0.3) is 11.6 Å². The minimum Gasteiger partial charge on any atom is -0.362 e. The molecule has 2 saturated heterocycles. The van der Waals surface area contributed by atoms with Crippen molar-refractivity contribution in [3.05, 3.63) is 64.2 Å². The van der Waals surface area contributed by atoms with Gasteiger partial charge in [-0.15, -0.1) is 0 Å². The van der Waals surface area contributed by atoms with Crippen molar-refractivity contribution in [2.75, 3.05) is 44.2 Å². The Bertz CT molecular complexity index is 1090. The van der Waals surface area contributed by atoms with Gasteiger partial charge >= 0.3 is 0 Å². The monoisotopic (exact) mass is 458 g/mol. The summed E-state index contributed by atoms with van der Waals surface area (Å²) in [5.74, 6) is -0.0669. The average Bonchev–Trinajstić information content (AvgIpc) is 2.84. The zero-order valence-corrected chi connectivity index (χ0v) is 18.5. The smallest absolute Gasteiger partial charge is 0.293 e. The second-order valence-corrected chi connectivity index (χ2v) is 9.96. The van der Waals surface area contributed by atoms with Crippen molar-refractivity contribution >= 4 is 27.3 Å². The fourth-order valence-electron chi connectivity index (χ4n) is 4.25. The summed E-state index contributed by atoms with van der Waals surface area (Å²) in [4.78, 5) is 27.4. The first-order valence-corrected chi connectivity index (χ1v) is 12.2. The zero-order valence-electron chi connectivity index (χ0n) is 17.7. The molecule has 2 fully saturated rings. The molecule has 2 heterocycles. The Morgan fingerprint density at radius 3 is 2.16 bits per heavy atom. The van der Waals surface area contributed by atoms with Crippen LogP contribution >= 0.6 is 0 Å². The van der Waals surface area contributed by atoms with Crippen molar-refractivity contribution in [2.45, 2.75) is 24.2 Å². The number of hydrogen-bond donors (Lipinski definition) is 0. The van der Waals surface area contributed by atoms with Crippen LogP contribution in [0.3, 0.4) is 0 Å². The van der Waals surface area contributed by atoms with Crippen LogP contribution in [0.1, 0.15) is 29.6 Å². The number of nitro groups is 1. The summed E-state index contributed by atoms with van der Waals surface area (Å²) >= 11 is 0. The Morgan fingerprint density at radius 2 is 1.53 bits per heavy atom. The number of carbonyl (C=O) groups excluding carboxylic acids is 1. The lowest BCUT2D eigenvalue weighted by Crippen LogP contribution is -2.49. The second kappa shape index (κ2) is 9.25. The number of piperazine rings is 1. The summed E-state index contributed by atoms with van der Waals surface area (Å²) in [6.45, 7) is 2.59. The molecule has 4 rings (SSSR count). The topological polar surface area (TPSA) is 104 Å². The molecule has 10 heteroatoms. The van der Waals surface area contributed by atoms with E-state index in [1.807, 2.05) is 23.1 Å². The van der Waals surface area contributed by atoms with Gasteiger partial charge in [0.05, 0.1) is 9.82 Å². The quantitative estimate of drug-likeness (QED) is 0.504. The molecule has 170 valence electrons. The first-order chi connectivity index (χ1) is 15.4. The number of amides is 1. The van der Waals surface area contributed by atoms with Crippen LogP contribution in [0.15, 0.2) is 53.4 Å². The molecule has 0 unspecified atom stereocenters. The largest absolute Gasteiger partial charge is 0.362 e. The van der Waals surface area contributed by atoms with Crippen LogP contribution in [0.5, 0.6) is 0 Å². The van der Waals surface area contributed by atoms with Gasteiger partial charge in [-0.2, -0.15) is 4.31 Å². The minimum atomic E-state index is -3.76. The Balaban J connectivity index is 1.52. The number of sulfonamides is 1. The van der Waals surface area contributed by atoms with E-state index in [1.54, 1.807) is 17.0 Å². The van der Waals surface area contributed by atoms with Crippen molar-refractivity contribution in [1.29, 1.82) is 0 Å². The molecular weight excluding hydrogens is 432 g/mol. The summed E-state index contributed by atoms with van der Waals surface area (Å²) in [7, 11) is -3.76. The highest BCUT2D eigenvalue weighted by Gasteiger charge is 2.31. The van der Waals surface area contributed by atoms with Gasteiger partial charge < -0.3 is 9.80 Å². The number of anilines is 1. The summed E-state index contributed by atoms with van der Waals surface area (Å²) < 4.78 is 27.3. The molecule has 2 aliphatic heterocycles. The number of nitrogens with zero attached hydrogens (tertiary/aromatic N) is 4. The highest BCUT2D eigenvalue weighted by atomic mass is 32.2. The Morgan fingerprint density at radius 1 is 0.875 bits per heavy atom. The highest BCUT2D eigenvalue weighted by Crippen LogP contribution is 2.33. The lowest BCUT2D eigenvalue weighted by Gasteiger charge is -2.36. The molecule has 0 aliphatic carbocycles. The van der Waals surface area contributed by atoms with Gasteiger partial charge in [-0.1, -0.05) is 24.6 Å². The summed E-state index contributed by atoms with van der Waals surface area (Å²) in [6, 6.07) is 13.1. The standard InChI is InChI=1S/C22H26N4O5S/c27-22(18-7-3-1-4-8-18)24-15-13-23(14-16-24)20-10-9-19(17-21(20)26(28)29)32(30,31)25-11-5-2-6-12-25/h1,3-4,7-10,17H,2,5-6,11-16H2. The predicted molar refractivity (Wildman–Crippen MR) is 120 cm³/mol. The van der Waals surface area contributed by atoms with E-state index in [0.717, 1.165) is 19.3 Å². The van der Waals surface area contributed by atoms with Crippen LogP contribution in [0.4, 0.5) is 11.4 Å². The number of piperidine rings is 1. The maximum absolute atomic E-state index is 12.9. The molecule has 0 radical (unpaired) electrons. The molecule has 0 saturated carbocycles. The first-order valence-electron chi connectivity index (χ1n) is 10.8. The Kier molecular flexibility index (Phi) is 6.43. The first kappa shape index (κ1) is 22.2. The molecule has 2 aromatic rings. The fourth-order valence-corrected chi connectivity index (χ4v) is 5.78.